The molecule has 0 bridgehead atoms. The van der Waals surface area contributed by atoms with E-state index in [0.717, 1.165) is 19.3 Å². The van der Waals surface area contributed by atoms with Gasteiger partial charge in [0, 0.05) is 30.4 Å². The zero-order valence-corrected chi connectivity index (χ0v) is 10.1. The van der Waals surface area contributed by atoms with Gasteiger partial charge in [0.05, 0.1) is 0 Å². The molecule has 0 spiro atoms. The summed E-state index contributed by atoms with van der Waals surface area (Å²) in [6, 6.07) is 0.490. The largest absolute Gasteiger partial charge is 0.362 e. The van der Waals surface area contributed by atoms with Gasteiger partial charge in [0.25, 0.3) is 5.56 Å². The molecule has 0 radical (unpaired) electrons. The van der Waals surface area contributed by atoms with Crippen LogP contribution in [0.1, 0.15) is 32.2 Å². The minimum absolute atomic E-state index is 0.0337. The Morgan fingerprint density at radius 2 is 2.44 bits per heavy atom. The van der Waals surface area contributed by atoms with Crippen LogP contribution >= 0.6 is 11.6 Å². The molecule has 1 fully saturated rings. The van der Waals surface area contributed by atoms with Crippen molar-refractivity contribution >= 4 is 17.4 Å². The monoisotopic (exact) mass is 241 g/mol. The van der Waals surface area contributed by atoms with Gasteiger partial charge in [-0.2, -0.15) is 0 Å². The standard InChI is InChI=1S/C11H16ClN3O/c1-2-8(7-12)14-10-11(16)15(6-5-13-10)9-3-4-9/h5-6,8-9H,2-4,7H2,1H3,(H,13,14). The summed E-state index contributed by atoms with van der Waals surface area (Å²) in [5.41, 5.74) is -0.0337. The Kier molecular flexibility index (Phi) is 3.49. The Morgan fingerprint density at radius 1 is 1.69 bits per heavy atom. The lowest BCUT2D eigenvalue weighted by molar-refractivity contribution is 0.690. The van der Waals surface area contributed by atoms with Gasteiger partial charge in [0.15, 0.2) is 5.82 Å². The van der Waals surface area contributed by atoms with Crippen LogP contribution in [0.15, 0.2) is 17.2 Å². The molecule has 1 unspecified atom stereocenters. The fraction of sp³-hybridized carbons (Fsp3) is 0.636. The molecule has 88 valence electrons. The maximum Gasteiger partial charge on any atom is 0.293 e. The SMILES string of the molecule is CCC(CCl)Nc1nccn(C2CC2)c1=O. The van der Waals surface area contributed by atoms with Crippen LogP contribution in [-0.4, -0.2) is 21.5 Å². The molecule has 1 aliphatic carbocycles. The van der Waals surface area contributed by atoms with E-state index in [1.807, 2.05) is 6.92 Å². The zero-order valence-electron chi connectivity index (χ0n) is 9.32. The van der Waals surface area contributed by atoms with E-state index in [0.29, 0.717) is 17.7 Å². The van der Waals surface area contributed by atoms with Gasteiger partial charge < -0.3 is 9.88 Å². The number of anilines is 1. The number of rotatable bonds is 5. The Morgan fingerprint density at radius 3 is 3.00 bits per heavy atom. The van der Waals surface area contributed by atoms with Crippen molar-refractivity contribution in [2.45, 2.75) is 38.3 Å². The smallest absolute Gasteiger partial charge is 0.293 e. The van der Waals surface area contributed by atoms with Crippen LogP contribution in [0.5, 0.6) is 0 Å². The van der Waals surface area contributed by atoms with Gasteiger partial charge in [-0.05, 0) is 19.3 Å². The van der Waals surface area contributed by atoms with E-state index < -0.39 is 0 Å². The topological polar surface area (TPSA) is 46.9 Å². The van der Waals surface area contributed by atoms with E-state index in [2.05, 4.69) is 10.3 Å². The quantitative estimate of drug-likeness (QED) is 0.803. The number of nitrogens with one attached hydrogen (secondary N) is 1. The second-order valence-electron chi connectivity index (χ2n) is 4.12. The Balaban J connectivity index is 2.20. The van der Waals surface area contributed by atoms with Crippen molar-refractivity contribution < 1.29 is 0 Å². The summed E-state index contributed by atoms with van der Waals surface area (Å²) in [5, 5.41) is 3.09. The second-order valence-corrected chi connectivity index (χ2v) is 4.43. The highest BCUT2D eigenvalue weighted by atomic mass is 35.5. The maximum atomic E-state index is 12.0. The fourth-order valence-corrected chi connectivity index (χ4v) is 1.90. The molecule has 1 aromatic heterocycles. The van der Waals surface area contributed by atoms with Crippen LogP contribution < -0.4 is 10.9 Å². The Bertz CT molecular complexity index is 410. The number of aromatic nitrogens is 2. The predicted molar refractivity (Wildman–Crippen MR) is 65.2 cm³/mol. The molecule has 4 nitrogen and oxygen atoms in total. The second kappa shape index (κ2) is 4.87. The van der Waals surface area contributed by atoms with Crippen molar-refractivity contribution in [1.82, 2.24) is 9.55 Å². The molecule has 0 saturated heterocycles. The summed E-state index contributed by atoms with van der Waals surface area (Å²) in [6.45, 7) is 2.03. The number of halogens is 1. The molecule has 1 saturated carbocycles. The molecule has 0 aromatic carbocycles. The molecular weight excluding hydrogens is 226 g/mol. The van der Waals surface area contributed by atoms with Crippen LogP contribution in [0.25, 0.3) is 0 Å². The van der Waals surface area contributed by atoms with Crippen molar-refractivity contribution in [3.05, 3.63) is 22.7 Å². The van der Waals surface area contributed by atoms with Gasteiger partial charge in [0.2, 0.25) is 0 Å². The molecule has 0 amide bonds. The summed E-state index contributed by atoms with van der Waals surface area (Å²) < 4.78 is 1.76. The first-order valence-corrected chi connectivity index (χ1v) is 6.19. The van der Waals surface area contributed by atoms with Crippen LogP contribution in [-0.2, 0) is 0 Å². The summed E-state index contributed by atoms with van der Waals surface area (Å²) >= 11 is 5.79. The molecular formula is C11H16ClN3O. The highest BCUT2D eigenvalue weighted by Crippen LogP contribution is 2.33. The summed E-state index contributed by atoms with van der Waals surface area (Å²) in [5.74, 6) is 0.901. The first-order valence-electron chi connectivity index (χ1n) is 5.66. The average Bonchev–Trinajstić information content (AvgIpc) is 3.12. The minimum atomic E-state index is -0.0337. The molecule has 1 heterocycles. The lowest BCUT2D eigenvalue weighted by atomic mass is 10.2. The molecule has 1 aliphatic rings. The summed E-state index contributed by atoms with van der Waals surface area (Å²) in [7, 11) is 0. The highest BCUT2D eigenvalue weighted by molar-refractivity contribution is 6.18. The summed E-state index contributed by atoms with van der Waals surface area (Å²) in [6.07, 6.45) is 6.49. The molecule has 1 aromatic rings. The van der Waals surface area contributed by atoms with Crippen LogP contribution in [0.4, 0.5) is 5.82 Å². The van der Waals surface area contributed by atoms with Crippen LogP contribution in [0.2, 0.25) is 0 Å². The molecule has 0 aliphatic heterocycles. The number of nitrogens with zero attached hydrogens (tertiary/aromatic N) is 2. The number of hydrogen-bond donors (Lipinski definition) is 1. The van der Waals surface area contributed by atoms with Crippen molar-refractivity contribution in [3.8, 4) is 0 Å². The Labute approximate surface area is 99.6 Å². The van der Waals surface area contributed by atoms with E-state index in [1.165, 1.54) is 0 Å². The molecule has 2 rings (SSSR count). The van der Waals surface area contributed by atoms with Crippen molar-refractivity contribution in [3.63, 3.8) is 0 Å². The van der Waals surface area contributed by atoms with Gasteiger partial charge in [-0.1, -0.05) is 6.92 Å². The zero-order chi connectivity index (χ0) is 11.5. The van der Waals surface area contributed by atoms with Gasteiger partial charge in [-0.3, -0.25) is 4.79 Å². The lowest BCUT2D eigenvalue weighted by Gasteiger charge is -2.14. The minimum Gasteiger partial charge on any atom is -0.362 e. The molecule has 5 heteroatoms. The van der Waals surface area contributed by atoms with E-state index in [-0.39, 0.29) is 11.6 Å². The fourth-order valence-electron chi connectivity index (χ4n) is 1.61. The molecule has 1 atom stereocenters. The van der Waals surface area contributed by atoms with E-state index in [1.54, 1.807) is 17.0 Å². The van der Waals surface area contributed by atoms with Gasteiger partial charge in [-0.25, -0.2) is 4.98 Å². The number of hydrogen-bond acceptors (Lipinski definition) is 3. The lowest BCUT2D eigenvalue weighted by Crippen LogP contribution is -2.29. The van der Waals surface area contributed by atoms with Crippen molar-refractivity contribution in [1.29, 1.82) is 0 Å². The molecule has 16 heavy (non-hydrogen) atoms. The summed E-state index contributed by atoms with van der Waals surface area (Å²) in [4.78, 5) is 16.1. The van der Waals surface area contributed by atoms with Gasteiger partial charge >= 0.3 is 0 Å². The molecule has 1 N–H and O–H groups in total. The average molecular weight is 242 g/mol. The van der Waals surface area contributed by atoms with Crippen LogP contribution in [0.3, 0.4) is 0 Å². The van der Waals surface area contributed by atoms with Crippen molar-refractivity contribution in [2.24, 2.45) is 0 Å². The van der Waals surface area contributed by atoms with E-state index in [4.69, 9.17) is 11.6 Å². The van der Waals surface area contributed by atoms with Crippen molar-refractivity contribution in [2.75, 3.05) is 11.2 Å². The first kappa shape index (κ1) is 11.5. The normalized spacial score (nSPS) is 17.1. The van der Waals surface area contributed by atoms with E-state index >= 15 is 0 Å². The maximum absolute atomic E-state index is 12.0. The number of alkyl halides is 1. The van der Waals surface area contributed by atoms with Gasteiger partial charge in [-0.15, -0.1) is 11.6 Å². The third kappa shape index (κ3) is 2.38. The van der Waals surface area contributed by atoms with Gasteiger partial charge in [0.1, 0.15) is 0 Å². The highest BCUT2D eigenvalue weighted by Gasteiger charge is 2.25. The third-order valence-electron chi connectivity index (χ3n) is 2.83. The Hall–Kier alpha value is -1.03. The predicted octanol–water partition coefficient (Wildman–Crippen LogP) is 2.01. The van der Waals surface area contributed by atoms with Crippen LogP contribution in [0, 0.1) is 0 Å². The first-order chi connectivity index (χ1) is 7.76. The van der Waals surface area contributed by atoms with E-state index in [9.17, 15) is 4.79 Å². The third-order valence-corrected chi connectivity index (χ3v) is 3.20.